The average Bonchev–Trinajstić information content (AvgIpc) is 2.24. The van der Waals surface area contributed by atoms with Crippen molar-refractivity contribution < 1.29 is 8.42 Å². The third kappa shape index (κ3) is 4.77. The number of sulfonamides is 1. The van der Waals surface area contributed by atoms with E-state index < -0.39 is 10.0 Å². The Morgan fingerprint density at radius 2 is 2.15 bits per heavy atom. The summed E-state index contributed by atoms with van der Waals surface area (Å²) in [6, 6.07) is 1.49. The number of hydrogen-bond donors (Lipinski definition) is 3. The zero-order valence-corrected chi connectivity index (χ0v) is 12.5. The van der Waals surface area contributed by atoms with E-state index in [1.807, 2.05) is 0 Å². The van der Waals surface area contributed by atoms with Crippen LogP contribution in [0.2, 0.25) is 5.15 Å². The SMILES string of the molecule is Nc1nc(Cl)cc(NCCS(=O)(=O)NCC2CCC2)n1. The summed E-state index contributed by atoms with van der Waals surface area (Å²) < 4.78 is 26.1. The second kappa shape index (κ2) is 6.55. The molecule has 0 saturated heterocycles. The van der Waals surface area contributed by atoms with Gasteiger partial charge in [-0.3, -0.25) is 0 Å². The summed E-state index contributed by atoms with van der Waals surface area (Å²) in [5, 5.41) is 3.08. The molecule has 1 aliphatic rings. The van der Waals surface area contributed by atoms with Crippen LogP contribution >= 0.6 is 11.6 Å². The van der Waals surface area contributed by atoms with Crippen LogP contribution in [0, 0.1) is 5.92 Å². The molecule has 0 aliphatic heterocycles. The van der Waals surface area contributed by atoms with Gasteiger partial charge < -0.3 is 11.1 Å². The van der Waals surface area contributed by atoms with E-state index in [0.717, 1.165) is 12.8 Å². The van der Waals surface area contributed by atoms with Crippen LogP contribution in [0.15, 0.2) is 6.07 Å². The zero-order valence-electron chi connectivity index (χ0n) is 11.0. The molecule has 0 amide bonds. The molecule has 1 aliphatic carbocycles. The zero-order chi connectivity index (χ0) is 14.6. The maximum atomic E-state index is 11.8. The summed E-state index contributed by atoms with van der Waals surface area (Å²) in [4.78, 5) is 7.62. The first-order chi connectivity index (χ1) is 9.44. The lowest BCUT2D eigenvalue weighted by Gasteiger charge is -2.25. The predicted octanol–water partition coefficient (Wildman–Crippen LogP) is 0.844. The maximum Gasteiger partial charge on any atom is 0.223 e. The van der Waals surface area contributed by atoms with Gasteiger partial charge in [0.2, 0.25) is 16.0 Å². The third-order valence-electron chi connectivity index (χ3n) is 3.21. The van der Waals surface area contributed by atoms with Gasteiger partial charge in [0.25, 0.3) is 0 Å². The van der Waals surface area contributed by atoms with E-state index in [9.17, 15) is 8.42 Å². The Morgan fingerprint density at radius 1 is 1.40 bits per heavy atom. The van der Waals surface area contributed by atoms with Crippen molar-refractivity contribution in [2.24, 2.45) is 5.92 Å². The molecule has 9 heteroatoms. The van der Waals surface area contributed by atoms with Crippen LogP contribution in [-0.2, 0) is 10.0 Å². The molecule has 20 heavy (non-hydrogen) atoms. The first-order valence-electron chi connectivity index (χ1n) is 6.46. The number of nitrogens with two attached hydrogens (primary N) is 1. The highest BCUT2D eigenvalue weighted by molar-refractivity contribution is 7.89. The highest BCUT2D eigenvalue weighted by Crippen LogP contribution is 2.25. The molecule has 1 heterocycles. The Labute approximate surface area is 123 Å². The molecule has 0 aromatic carbocycles. The Bertz CT molecular complexity index is 542. The van der Waals surface area contributed by atoms with Gasteiger partial charge in [0, 0.05) is 19.2 Å². The molecule has 0 atom stereocenters. The Balaban J connectivity index is 1.76. The second-order valence-corrected chi connectivity index (χ2v) is 7.14. The maximum absolute atomic E-state index is 11.8. The molecular formula is C11H18ClN5O2S. The fourth-order valence-electron chi connectivity index (χ4n) is 1.85. The van der Waals surface area contributed by atoms with E-state index in [1.165, 1.54) is 12.5 Å². The van der Waals surface area contributed by atoms with E-state index >= 15 is 0 Å². The van der Waals surface area contributed by atoms with Crippen molar-refractivity contribution >= 4 is 33.4 Å². The van der Waals surface area contributed by atoms with Crippen molar-refractivity contribution in [3.05, 3.63) is 11.2 Å². The predicted molar refractivity (Wildman–Crippen MR) is 79.1 cm³/mol. The summed E-state index contributed by atoms with van der Waals surface area (Å²) in [5.41, 5.74) is 5.44. The minimum Gasteiger partial charge on any atom is -0.369 e. The first kappa shape index (κ1) is 15.3. The molecule has 0 radical (unpaired) electrons. The van der Waals surface area contributed by atoms with Crippen molar-refractivity contribution in [3.63, 3.8) is 0 Å². The summed E-state index contributed by atoms with van der Waals surface area (Å²) in [5.74, 6) is 0.933. The van der Waals surface area contributed by atoms with E-state index in [0.29, 0.717) is 18.3 Å². The van der Waals surface area contributed by atoms with Gasteiger partial charge in [0.1, 0.15) is 11.0 Å². The molecule has 0 spiro atoms. The van der Waals surface area contributed by atoms with Crippen LogP contribution in [0.1, 0.15) is 19.3 Å². The van der Waals surface area contributed by atoms with Gasteiger partial charge in [0.15, 0.2) is 0 Å². The minimum atomic E-state index is -3.26. The highest BCUT2D eigenvalue weighted by Gasteiger charge is 2.19. The van der Waals surface area contributed by atoms with Crippen LogP contribution in [0.3, 0.4) is 0 Å². The van der Waals surface area contributed by atoms with Crippen LogP contribution in [0.25, 0.3) is 0 Å². The van der Waals surface area contributed by atoms with Crippen LogP contribution in [0.5, 0.6) is 0 Å². The lowest BCUT2D eigenvalue weighted by Crippen LogP contribution is -2.35. The van der Waals surface area contributed by atoms with E-state index in [-0.39, 0.29) is 23.4 Å². The van der Waals surface area contributed by atoms with E-state index in [4.69, 9.17) is 17.3 Å². The molecular weight excluding hydrogens is 302 g/mol. The van der Waals surface area contributed by atoms with Crippen molar-refractivity contribution in [1.29, 1.82) is 0 Å². The van der Waals surface area contributed by atoms with Crippen molar-refractivity contribution in [1.82, 2.24) is 14.7 Å². The number of aromatic nitrogens is 2. The van der Waals surface area contributed by atoms with Crippen molar-refractivity contribution in [2.45, 2.75) is 19.3 Å². The summed E-state index contributed by atoms with van der Waals surface area (Å²) in [7, 11) is -3.26. The van der Waals surface area contributed by atoms with E-state index in [1.54, 1.807) is 0 Å². The van der Waals surface area contributed by atoms with Crippen molar-refractivity contribution in [3.8, 4) is 0 Å². The first-order valence-corrected chi connectivity index (χ1v) is 8.49. The fourth-order valence-corrected chi connectivity index (χ4v) is 3.05. The number of rotatable bonds is 7. The molecule has 0 unspecified atom stereocenters. The molecule has 2 rings (SSSR count). The fraction of sp³-hybridized carbons (Fsp3) is 0.636. The summed E-state index contributed by atoms with van der Waals surface area (Å²) >= 11 is 5.72. The molecule has 4 N–H and O–H groups in total. The number of nitrogens with one attached hydrogen (secondary N) is 2. The summed E-state index contributed by atoms with van der Waals surface area (Å²) in [6.07, 6.45) is 3.42. The molecule has 1 aromatic rings. The van der Waals surface area contributed by atoms with Gasteiger partial charge in [-0.15, -0.1) is 0 Å². The van der Waals surface area contributed by atoms with Gasteiger partial charge in [-0.05, 0) is 18.8 Å². The second-order valence-electron chi connectivity index (χ2n) is 4.83. The Kier molecular flexibility index (Phi) is 5.00. The molecule has 112 valence electrons. The molecule has 7 nitrogen and oxygen atoms in total. The Morgan fingerprint density at radius 3 is 2.75 bits per heavy atom. The normalized spacial score (nSPS) is 15.8. The molecule has 0 bridgehead atoms. The third-order valence-corrected chi connectivity index (χ3v) is 4.75. The largest absolute Gasteiger partial charge is 0.369 e. The lowest BCUT2D eigenvalue weighted by atomic mass is 9.86. The number of anilines is 2. The standard InChI is InChI=1S/C11H18ClN5O2S/c12-9-6-10(17-11(13)16-9)14-4-5-20(18,19)15-7-8-2-1-3-8/h6,8,15H,1-5,7H2,(H3,13,14,16,17). The van der Waals surface area contributed by atoms with Crippen molar-refractivity contribution in [2.75, 3.05) is 29.9 Å². The van der Waals surface area contributed by atoms with Gasteiger partial charge in [-0.2, -0.15) is 4.98 Å². The molecule has 1 aromatic heterocycles. The van der Waals surface area contributed by atoms with Crippen LogP contribution < -0.4 is 15.8 Å². The summed E-state index contributed by atoms with van der Waals surface area (Å²) in [6.45, 7) is 0.765. The van der Waals surface area contributed by atoms with Crippen LogP contribution in [-0.4, -0.2) is 37.2 Å². The van der Waals surface area contributed by atoms with Gasteiger partial charge in [0.05, 0.1) is 5.75 Å². The van der Waals surface area contributed by atoms with Gasteiger partial charge in [-0.1, -0.05) is 18.0 Å². The monoisotopic (exact) mass is 319 g/mol. The van der Waals surface area contributed by atoms with Gasteiger partial charge >= 0.3 is 0 Å². The van der Waals surface area contributed by atoms with Crippen LogP contribution in [0.4, 0.5) is 11.8 Å². The smallest absolute Gasteiger partial charge is 0.223 e. The Hall–Kier alpha value is -1.12. The number of hydrogen-bond acceptors (Lipinski definition) is 6. The number of nitrogen functional groups attached to an aromatic ring is 1. The number of halogens is 1. The highest BCUT2D eigenvalue weighted by atomic mass is 35.5. The average molecular weight is 320 g/mol. The van der Waals surface area contributed by atoms with Gasteiger partial charge in [-0.25, -0.2) is 18.1 Å². The number of nitrogens with zero attached hydrogens (tertiary/aromatic N) is 2. The topological polar surface area (TPSA) is 110 Å². The quantitative estimate of drug-likeness (QED) is 0.642. The van der Waals surface area contributed by atoms with E-state index in [2.05, 4.69) is 20.0 Å². The molecule has 1 fully saturated rings. The lowest BCUT2D eigenvalue weighted by molar-refractivity contribution is 0.316. The molecule has 1 saturated carbocycles. The minimum absolute atomic E-state index is 0.0265.